The third-order valence-electron chi connectivity index (χ3n) is 2.52. The van der Waals surface area contributed by atoms with Gasteiger partial charge in [-0.25, -0.2) is 0 Å². The summed E-state index contributed by atoms with van der Waals surface area (Å²) in [7, 11) is 1.59. The smallest absolute Gasteiger partial charge is 0.142 e. The van der Waals surface area contributed by atoms with E-state index in [2.05, 4.69) is 10.6 Å². The number of ether oxygens (including phenoxy) is 1. The van der Waals surface area contributed by atoms with E-state index in [1.165, 1.54) is 0 Å². The van der Waals surface area contributed by atoms with Gasteiger partial charge in [-0.05, 0) is 19.1 Å². The van der Waals surface area contributed by atoms with Gasteiger partial charge in [-0.2, -0.15) is 0 Å². The molecular formula is C13H20Cl3N2O2-. The molecule has 0 amide bonds. The van der Waals surface area contributed by atoms with Crippen LogP contribution < -0.4 is 27.8 Å². The van der Waals surface area contributed by atoms with Gasteiger partial charge < -0.3 is 32.9 Å². The number of hydrogen-bond donors (Lipinski definition) is 3. The number of hydrogen-bond acceptors (Lipinski definition) is 4. The Hall–Kier alpha value is -0.230. The lowest BCUT2D eigenvalue weighted by atomic mass is 10.2. The van der Waals surface area contributed by atoms with Crippen molar-refractivity contribution < 1.29 is 22.3 Å². The Kier molecular flexibility index (Phi) is 10.4. The van der Waals surface area contributed by atoms with E-state index in [0.29, 0.717) is 28.9 Å². The van der Waals surface area contributed by atoms with Gasteiger partial charge in [0.25, 0.3) is 0 Å². The normalized spacial score (nSPS) is 11.8. The Balaban J connectivity index is 0.00000361. The van der Waals surface area contributed by atoms with Crippen LogP contribution in [0.5, 0.6) is 5.75 Å². The summed E-state index contributed by atoms with van der Waals surface area (Å²) < 4.78 is 5.26. The van der Waals surface area contributed by atoms with Crippen LogP contribution in [0, 0.1) is 0 Å². The third kappa shape index (κ3) is 6.97. The summed E-state index contributed by atoms with van der Waals surface area (Å²) in [6.45, 7) is 4.52. The quantitative estimate of drug-likeness (QED) is 0.534. The minimum atomic E-state index is -0.327. The minimum absolute atomic E-state index is 0. The van der Waals surface area contributed by atoms with Crippen LogP contribution in [0.15, 0.2) is 12.1 Å². The Bertz CT molecular complexity index is 403. The number of rotatable bonds is 8. The van der Waals surface area contributed by atoms with E-state index in [1.807, 2.05) is 6.07 Å². The Morgan fingerprint density at radius 3 is 2.50 bits per heavy atom. The molecule has 1 atom stereocenters. The zero-order valence-corrected chi connectivity index (χ0v) is 13.8. The zero-order valence-electron chi connectivity index (χ0n) is 11.5. The molecule has 0 bridgehead atoms. The highest BCUT2D eigenvalue weighted by Gasteiger charge is 2.09. The van der Waals surface area contributed by atoms with Gasteiger partial charge >= 0.3 is 0 Å². The number of nitrogens with one attached hydrogen (secondary N) is 2. The summed E-state index contributed by atoms with van der Waals surface area (Å²) in [4.78, 5) is 0. The molecule has 1 rings (SSSR count). The third-order valence-corrected chi connectivity index (χ3v) is 3.02. The molecule has 1 aromatic carbocycles. The van der Waals surface area contributed by atoms with E-state index in [4.69, 9.17) is 33.0 Å². The molecule has 1 unspecified atom stereocenters. The van der Waals surface area contributed by atoms with Gasteiger partial charge in [-0.15, -0.1) is 0 Å². The van der Waals surface area contributed by atoms with Crippen LogP contribution in [0.4, 0.5) is 0 Å². The van der Waals surface area contributed by atoms with E-state index < -0.39 is 0 Å². The first-order valence-corrected chi connectivity index (χ1v) is 6.91. The molecule has 0 aliphatic rings. The van der Waals surface area contributed by atoms with Crippen LogP contribution in [-0.4, -0.2) is 38.0 Å². The van der Waals surface area contributed by atoms with E-state index >= 15 is 0 Å². The molecule has 0 aromatic heterocycles. The second kappa shape index (κ2) is 10.5. The predicted octanol–water partition coefficient (Wildman–Crippen LogP) is -0.934. The highest BCUT2D eigenvalue weighted by Crippen LogP contribution is 2.31. The van der Waals surface area contributed by atoms with Crippen LogP contribution >= 0.6 is 23.2 Å². The fourth-order valence-electron chi connectivity index (χ4n) is 1.68. The first kappa shape index (κ1) is 19.8. The van der Waals surface area contributed by atoms with Crippen molar-refractivity contribution in [3.8, 4) is 5.75 Å². The lowest BCUT2D eigenvalue weighted by Gasteiger charge is -2.12. The summed E-state index contributed by atoms with van der Waals surface area (Å²) in [5.41, 5.74) is 0.926. The molecule has 116 valence electrons. The maximum Gasteiger partial charge on any atom is 0.142 e. The van der Waals surface area contributed by atoms with Gasteiger partial charge in [0.2, 0.25) is 0 Å². The molecule has 4 nitrogen and oxygen atoms in total. The number of halogens is 3. The standard InChI is InChI=1S/C13H20Cl2N2O2.ClH/c1-9(18)7-16-3-4-17-8-10-5-11(14)6-12(15)13(10)19-2;/h5-6,9,16-18H,3-4,7-8H2,1-2H3;1H/p-1. The van der Waals surface area contributed by atoms with Crippen molar-refractivity contribution in [1.82, 2.24) is 10.6 Å². The molecule has 0 saturated heterocycles. The maximum absolute atomic E-state index is 9.09. The number of aliphatic hydroxyl groups excluding tert-OH is 1. The molecule has 1 aromatic rings. The highest BCUT2D eigenvalue weighted by molar-refractivity contribution is 6.35. The Labute approximate surface area is 136 Å². The van der Waals surface area contributed by atoms with Crippen LogP contribution in [0.25, 0.3) is 0 Å². The molecule has 0 radical (unpaired) electrons. The molecule has 3 N–H and O–H groups in total. The largest absolute Gasteiger partial charge is 1.00 e. The van der Waals surface area contributed by atoms with E-state index in [-0.39, 0.29) is 18.5 Å². The van der Waals surface area contributed by atoms with Gasteiger partial charge in [-0.1, -0.05) is 23.2 Å². The zero-order chi connectivity index (χ0) is 14.3. The van der Waals surface area contributed by atoms with Gasteiger partial charge in [0.05, 0.1) is 18.2 Å². The lowest BCUT2D eigenvalue weighted by Crippen LogP contribution is -3.00. The van der Waals surface area contributed by atoms with Gasteiger partial charge in [0, 0.05) is 36.8 Å². The highest BCUT2D eigenvalue weighted by atomic mass is 35.5. The van der Waals surface area contributed by atoms with Crippen molar-refractivity contribution >= 4 is 23.2 Å². The average molecular weight is 343 g/mol. The van der Waals surface area contributed by atoms with E-state index in [1.54, 1.807) is 20.1 Å². The minimum Gasteiger partial charge on any atom is -1.00 e. The van der Waals surface area contributed by atoms with Crippen molar-refractivity contribution in [3.05, 3.63) is 27.7 Å². The first-order chi connectivity index (χ1) is 9.04. The van der Waals surface area contributed by atoms with Crippen molar-refractivity contribution in [2.75, 3.05) is 26.7 Å². The monoisotopic (exact) mass is 341 g/mol. The van der Waals surface area contributed by atoms with Crippen LogP contribution in [0.2, 0.25) is 10.0 Å². The molecule has 0 spiro atoms. The van der Waals surface area contributed by atoms with E-state index in [9.17, 15) is 0 Å². The van der Waals surface area contributed by atoms with Crippen molar-refractivity contribution in [3.63, 3.8) is 0 Å². The molecule has 0 aliphatic heterocycles. The Morgan fingerprint density at radius 2 is 1.90 bits per heavy atom. The van der Waals surface area contributed by atoms with E-state index in [0.717, 1.165) is 18.7 Å². The van der Waals surface area contributed by atoms with Crippen molar-refractivity contribution in [2.45, 2.75) is 19.6 Å². The number of aliphatic hydroxyl groups is 1. The second-order valence-corrected chi connectivity index (χ2v) is 5.15. The van der Waals surface area contributed by atoms with Gasteiger partial charge in [0.1, 0.15) is 5.75 Å². The Morgan fingerprint density at radius 1 is 1.25 bits per heavy atom. The topological polar surface area (TPSA) is 53.5 Å². The lowest BCUT2D eigenvalue weighted by molar-refractivity contribution is -0.00000627. The summed E-state index contributed by atoms with van der Waals surface area (Å²) >= 11 is 12.0. The molecule has 0 aliphatic carbocycles. The SMILES string of the molecule is COc1c(Cl)cc(Cl)cc1CNCCNCC(C)O.[Cl-]. The number of benzene rings is 1. The maximum atomic E-state index is 9.09. The second-order valence-electron chi connectivity index (χ2n) is 4.31. The summed E-state index contributed by atoms with van der Waals surface area (Å²) in [6.07, 6.45) is -0.327. The van der Waals surface area contributed by atoms with Gasteiger partial charge in [-0.3, -0.25) is 0 Å². The first-order valence-electron chi connectivity index (χ1n) is 6.16. The predicted molar refractivity (Wildman–Crippen MR) is 79.3 cm³/mol. The fraction of sp³-hybridized carbons (Fsp3) is 0.538. The summed E-state index contributed by atoms with van der Waals surface area (Å²) in [5.74, 6) is 0.649. The van der Waals surface area contributed by atoms with Crippen LogP contribution in [0.1, 0.15) is 12.5 Å². The molecule has 7 heteroatoms. The van der Waals surface area contributed by atoms with Crippen molar-refractivity contribution in [2.24, 2.45) is 0 Å². The van der Waals surface area contributed by atoms with Gasteiger partial charge in [0.15, 0.2) is 0 Å². The van der Waals surface area contributed by atoms with Crippen LogP contribution in [-0.2, 0) is 6.54 Å². The molecule has 20 heavy (non-hydrogen) atoms. The molecule has 0 heterocycles. The fourth-order valence-corrected chi connectivity index (χ4v) is 2.30. The molecule has 0 saturated carbocycles. The summed E-state index contributed by atoms with van der Waals surface area (Å²) in [6, 6.07) is 3.50. The van der Waals surface area contributed by atoms with Crippen LogP contribution in [0.3, 0.4) is 0 Å². The molecular weight excluding hydrogens is 323 g/mol. The van der Waals surface area contributed by atoms with Crippen molar-refractivity contribution in [1.29, 1.82) is 0 Å². The summed E-state index contributed by atoms with van der Waals surface area (Å²) in [5, 5.41) is 16.6. The number of methoxy groups -OCH3 is 1. The molecule has 0 fully saturated rings. The average Bonchev–Trinajstić information content (AvgIpc) is 2.32.